The number of hydrogen-bond donors (Lipinski definition) is 3. The molecule has 7 nitrogen and oxygen atoms in total. The Morgan fingerprint density at radius 2 is 0.812 bits per heavy atom. The number of aliphatic hydroxyl groups is 3. The molecule has 0 aromatic rings. The van der Waals surface area contributed by atoms with Gasteiger partial charge in [0, 0.05) is 5.16 Å². The fraction of sp³-hybridized carbons (Fsp3) is 1.00. The molecule has 0 saturated carbocycles. The van der Waals surface area contributed by atoms with E-state index in [1.165, 1.54) is 0 Å². The van der Waals surface area contributed by atoms with Crippen molar-refractivity contribution in [3.05, 3.63) is 0 Å². The van der Waals surface area contributed by atoms with Crippen molar-refractivity contribution in [1.29, 1.82) is 0 Å². The Bertz CT molecular complexity index is 509. The maximum Gasteiger partial charge on any atom is 0.472 e. The molecule has 4 unspecified atom stereocenters. The Morgan fingerprint density at radius 3 is 0.969 bits per heavy atom. The third-order valence-corrected chi connectivity index (χ3v) is 28.7. The maximum absolute atomic E-state index is 13.6. The normalized spacial score (nSPS) is 19.9. The first kappa shape index (κ1) is 32.8. The Balaban J connectivity index is 7.00. The smallest absolute Gasteiger partial charge is 0.414 e. The third kappa shape index (κ3) is 8.48. The van der Waals surface area contributed by atoms with Crippen molar-refractivity contribution < 1.29 is 32.5 Å². The molecule has 0 heterocycles. The van der Waals surface area contributed by atoms with Gasteiger partial charge in [-0.25, -0.2) is 0 Å². The van der Waals surface area contributed by atoms with E-state index in [4.69, 9.17) is 12.3 Å². The largest absolute Gasteiger partial charge is 0.472 e. The van der Waals surface area contributed by atoms with E-state index < -0.39 is 64.4 Å². The number of aliphatic hydroxyl groups excluding tert-OH is 3. The van der Waals surface area contributed by atoms with Gasteiger partial charge in [0.1, 0.15) is 0 Å². The second-order valence-electron chi connectivity index (χ2n) is 11.1. The summed E-state index contributed by atoms with van der Waals surface area (Å²) < 4.78 is 20.7. The van der Waals surface area contributed by atoms with Gasteiger partial charge in [0.05, 0.1) is 17.2 Å². The second-order valence-corrected chi connectivity index (χ2v) is 31.5. The lowest BCUT2D eigenvalue weighted by atomic mass is 10.5. The molecular formula is C20H51O7Si5. The molecular weight excluding hydrogens is 493 g/mol. The van der Waals surface area contributed by atoms with E-state index in [0.717, 1.165) is 0 Å². The minimum absolute atomic E-state index is 0.447. The van der Waals surface area contributed by atoms with Crippen LogP contribution >= 0.6 is 0 Å². The van der Waals surface area contributed by atoms with E-state index in [1.54, 1.807) is 13.1 Å². The zero-order valence-corrected chi connectivity index (χ0v) is 27.6. The summed E-state index contributed by atoms with van der Waals surface area (Å²) in [6.07, 6.45) is 2.15. The molecule has 32 heavy (non-hydrogen) atoms. The Labute approximate surface area is 202 Å². The van der Waals surface area contributed by atoms with Crippen LogP contribution in [0.25, 0.3) is 0 Å². The van der Waals surface area contributed by atoms with Crippen LogP contribution in [0.3, 0.4) is 0 Å². The lowest BCUT2D eigenvalue weighted by molar-refractivity contribution is 0.156. The predicted octanol–water partition coefficient (Wildman–Crippen LogP) is 4.48. The summed E-state index contributed by atoms with van der Waals surface area (Å²) in [7, 11) is -15.1. The minimum Gasteiger partial charge on any atom is -0.414 e. The van der Waals surface area contributed by atoms with Crippen molar-refractivity contribution in [1.82, 2.24) is 0 Å². The quantitative estimate of drug-likeness (QED) is 0.263. The van der Waals surface area contributed by atoms with E-state index in [0.29, 0.717) is 25.7 Å². The van der Waals surface area contributed by atoms with Crippen LogP contribution in [0.4, 0.5) is 0 Å². The van der Waals surface area contributed by atoms with E-state index in [9.17, 15) is 20.1 Å². The Kier molecular flexibility index (Phi) is 12.5. The van der Waals surface area contributed by atoms with Crippen LogP contribution in [-0.4, -0.2) is 74.6 Å². The van der Waals surface area contributed by atoms with Crippen molar-refractivity contribution in [2.45, 2.75) is 128 Å². The SMILES string of the molecule is CCC(O)[Si](C)(C)O[Si](O[Si](C)(C)C(O)CC)(O[Si](C)(C)C(O)CC)C(CC)[Si](C)(C)[O]. The summed E-state index contributed by atoms with van der Waals surface area (Å²) in [5, 5.41) is 32.0. The fourth-order valence-electron chi connectivity index (χ4n) is 4.22. The van der Waals surface area contributed by atoms with Crippen molar-refractivity contribution >= 4 is 42.1 Å². The fourth-order valence-corrected chi connectivity index (χ4v) is 27.4. The first-order chi connectivity index (χ1) is 14.3. The summed E-state index contributed by atoms with van der Waals surface area (Å²) in [5.74, 6) is 0. The van der Waals surface area contributed by atoms with Crippen LogP contribution in [0.15, 0.2) is 0 Å². The molecule has 0 rings (SSSR count). The van der Waals surface area contributed by atoms with Gasteiger partial charge in [-0.2, -0.15) is 0 Å². The molecule has 4 atom stereocenters. The molecule has 1 radical (unpaired) electrons. The van der Waals surface area contributed by atoms with Crippen LogP contribution < -0.4 is 0 Å². The minimum atomic E-state index is -3.75. The Morgan fingerprint density at radius 1 is 0.562 bits per heavy atom. The predicted molar refractivity (Wildman–Crippen MR) is 143 cm³/mol. The highest BCUT2D eigenvalue weighted by molar-refractivity contribution is 6.98. The molecule has 12 heteroatoms. The number of hydrogen-bond acceptors (Lipinski definition) is 6. The average molecular weight is 544 g/mol. The highest BCUT2D eigenvalue weighted by Gasteiger charge is 2.64. The van der Waals surface area contributed by atoms with Crippen LogP contribution in [-0.2, 0) is 17.1 Å². The molecule has 0 fully saturated rings. The van der Waals surface area contributed by atoms with E-state index >= 15 is 0 Å². The van der Waals surface area contributed by atoms with Gasteiger partial charge in [0.2, 0.25) is 33.3 Å². The highest BCUT2D eigenvalue weighted by Crippen LogP contribution is 2.43. The summed E-state index contributed by atoms with van der Waals surface area (Å²) >= 11 is 0. The maximum atomic E-state index is 13.6. The van der Waals surface area contributed by atoms with E-state index in [-0.39, 0.29) is 0 Å². The first-order valence-electron chi connectivity index (χ1n) is 12.1. The van der Waals surface area contributed by atoms with E-state index in [1.807, 2.05) is 67.0 Å². The van der Waals surface area contributed by atoms with Crippen LogP contribution in [0.1, 0.15) is 53.4 Å². The molecule has 0 amide bonds. The van der Waals surface area contributed by atoms with Gasteiger partial charge in [-0.15, -0.1) is 0 Å². The van der Waals surface area contributed by atoms with Gasteiger partial charge in [0.25, 0.3) is 0 Å². The zero-order valence-electron chi connectivity index (χ0n) is 22.6. The zero-order chi connectivity index (χ0) is 25.8. The molecule has 0 saturated heterocycles. The van der Waals surface area contributed by atoms with Gasteiger partial charge in [0.15, 0.2) is 0 Å². The summed E-state index contributed by atoms with van der Waals surface area (Å²) in [6, 6.07) is 0. The lowest BCUT2D eigenvalue weighted by Gasteiger charge is -2.51. The first-order valence-corrected chi connectivity index (χ1v) is 25.9. The molecule has 0 aliphatic rings. The standard InChI is InChI=1S/C20H51O7Si5/c1-13-17(21)29(7,8)25-32(20(16-4)28(5,6)24,26-30(9,10)18(22)14-2)27-31(11,12)19(23)15-3/h17-23H,13-16H2,1-12H3. The van der Waals surface area contributed by atoms with Gasteiger partial charge in [-0.1, -0.05) is 27.7 Å². The van der Waals surface area contributed by atoms with Crippen molar-refractivity contribution in [3.8, 4) is 0 Å². The molecule has 0 aliphatic heterocycles. The molecule has 0 aromatic heterocycles. The Hall–Kier alpha value is 0.804. The van der Waals surface area contributed by atoms with Crippen molar-refractivity contribution in [2.24, 2.45) is 0 Å². The van der Waals surface area contributed by atoms with Crippen molar-refractivity contribution in [2.75, 3.05) is 0 Å². The highest BCUT2D eigenvalue weighted by atomic mass is 28.5. The topological polar surface area (TPSA) is 108 Å². The van der Waals surface area contributed by atoms with Gasteiger partial charge >= 0.3 is 8.80 Å². The molecule has 0 bridgehead atoms. The third-order valence-electron chi connectivity index (χ3n) is 6.46. The number of rotatable bonds is 15. The summed E-state index contributed by atoms with van der Waals surface area (Å²) in [5.41, 5.74) is -1.92. The monoisotopic (exact) mass is 543 g/mol. The van der Waals surface area contributed by atoms with Crippen molar-refractivity contribution in [3.63, 3.8) is 0 Å². The van der Waals surface area contributed by atoms with Gasteiger partial charge in [-0.3, -0.25) is 4.80 Å². The van der Waals surface area contributed by atoms with Gasteiger partial charge < -0.3 is 27.7 Å². The summed E-state index contributed by atoms with van der Waals surface area (Å²) in [6.45, 7) is 22.9. The molecule has 0 aromatic carbocycles. The molecule has 0 aliphatic carbocycles. The average Bonchev–Trinajstić information content (AvgIpc) is 2.63. The summed E-state index contributed by atoms with van der Waals surface area (Å²) in [4.78, 5) is 13.6. The molecule has 0 spiro atoms. The van der Waals surface area contributed by atoms with Crippen LogP contribution in [0.5, 0.6) is 0 Å². The molecule has 193 valence electrons. The van der Waals surface area contributed by atoms with E-state index in [2.05, 4.69) is 0 Å². The van der Waals surface area contributed by atoms with Crippen LogP contribution in [0.2, 0.25) is 57.5 Å². The second kappa shape index (κ2) is 12.2. The van der Waals surface area contributed by atoms with Gasteiger partial charge in [-0.05, 0) is 78.1 Å². The van der Waals surface area contributed by atoms with Crippen LogP contribution in [0, 0.1) is 0 Å². The lowest BCUT2D eigenvalue weighted by Crippen LogP contribution is -2.71. The molecule has 3 N–H and O–H groups in total.